The molecule has 1 saturated heterocycles. The second-order valence-electron chi connectivity index (χ2n) is 9.43. The van der Waals surface area contributed by atoms with E-state index in [1.165, 1.54) is 44.3 Å². The van der Waals surface area contributed by atoms with Crippen LogP contribution in [-0.2, 0) is 0 Å². The Morgan fingerprint density at radius 3 is 2.64 bits per heavy atom. The van der Waals surface area contributed by atoms with Gasteiger partial charge >= 0.3 is 0 Å². The van der Waals surface area contributed by atoms with Crippen molar-refractivity contribution in [2.75, 3.05) is 5.75 Å². The molecule has 7 atom stereocenters. The fourth-order valence-electron chi connectivity index (χ4n) is 7.30. The van der Waals surface area contributed by atoms with E-state index >= 15 is 0 Å². The summed E-state index contributed by atoms with van der Waals surface area (Å²) in [6.07, 6.45) is 12.9. The predicted octanol–water partition coefficient (Wildman–Crippen LogP) is 4.80. The van der Waals surface area contributed by atoms with Crippen LogP contribution in [0.5, 0.6) is 0 Å². The Bertz CT molecular complexity index is 536. The molecule has 0 radical (unpaired) electrons. The molecular weight excluding hydrogens is 288 g/mol. The molecule has 22 heavy (non-hydrogen) atoms. The standard InChI is InChI=1S/C20H30OS/c1-18-8-5-14(21)11-13(18)3-4-15-16(18)6-9-19(2)17(15)7-10-20(19)12-22-20/h3,14-17,21H,4-12H2,1-2H3/t14-,15+,16-,17+,18-,19-,20-/m0/s1. The lowest BCUT2D eigenvalue weighted by Crippen LogP contribution is -2.51. The van der Waals surface area contributed by atoms with E-state index in [-0.39, 0.29) is 6.10 Å². The van der Waals surface area contributed by atoms with Gasteiger partial charge in [-0.25, -0.2) is 0 Å². The van der Waals surface area contributed by atoms with E-state index < -0.39 is 0 Å². The van der Waals surface area contributed by atoms with Crippen LogP contribution >= 0.6 is 11.8 Å². The average Bonchev–Trinajstić information content (AvgIpc) is 3.22. The summed E-state index contributed by atoms with van der Waals surface area (Å²) in [4.78, 5) is 0. The van der Waals surface area contributed by atoms with Crippen LogP contribution in [0.15, 0.2) is 11.6 Å². The molecule has 0 aromatic carbocycles. The summed E-state index contributed by atoms with van der Waals surface area (Å²) in [5.41, 5.74) is 2.66. The van der Waals surface area contributed by atoms with Crippen molar-refractivity contribution >= 4 is 11.8 Å². The van der Waals surface area contributed by atoms with Gasteiger partial charge in [-0.2, -0.15) is 11.8 Å². The molecule has 0 unspecified atom stereocenters. The molecule has 3 saturated carbocycles. The number of aliphatic hydroxyl groups is 1. The van der Waals surface area contributed by atoms with E-state index in [4.69, 9.17) is 0 Å². The molecular formula is C20H30OS. The van der Waals surface area contributed by atoms with Crippen molar-refractivity contribution in [1.29, 1.82) is 0 Å². The number of allylic oxidation sites excluding steroid dienone is 1. The third-order valence-corrected chi connectivity index (χ3v) is 10.5. The fraction of sp³-hybridized carbons (Fsp3) is 0.900. The van der Waals surface area contributed by atoms with Crippen LogP contribution < -0.4 is 0 Å². The number of thioether (sulfide) groups is 1. The lowest BCUT2D eigenvalue weighted by atomic mass is 9.47. The van der Waals surface area contributed by atoms with E-state index in [0.29, 0.717) is 15.6 Å². The van der Waals surface area contributed by atoms with Gasteiger partial charge in [0, 0.05) is 10.5 Å². The maximum Gasteiger partial charge on any atom is 0.0577 e. The summed E-state index contributed by atoms with van der Waals surface area (Å²) >= 11 is 2.28. The second kappa shape index (κ2) is 4.36. The van der Waals surface area contributed by atoms with Crippen LogP contribution in [0.4, 0.5) is 0 Å². The van der Waals surface area contributed by atoms with Gasteiger partial charge in [-0.15, -0.1) is 0 Å². The molecule has 0 bridgehead atoms. The minimum absolute atomic E-state index is 0.0673. The van der Waals surface area contributed by atoms with Crippen LogP contribution in [0, 0.1) is 28.6 Å². The Morgan fingerprint density at radius 2 is 1.86 bits per heavy atom. The summed E-state index contributed by atoms with van der Waals surface area (Å²) in [5, 5.41) is 10.1. The first kappa shape index (κ1) is 14.4. The molecule has 0 aromatic rings. The SMILES string of the molecule is C[C@]12CC[C@H](O)CC1=CC[C@H]1[C@H]3CC[C@]4(CS4)[C@@]3(C)CC[C@@H]12. The Kier molecular flexibility index (Phi) is 2.85. The third-order valence-electron chi connectivity index (χ3n) is 8.86. The largest absolute Gasteiger partial charge is 0.393 e. The number of fused-ring (bicyclic) bond motifs is 6. The smallest absolute Gasteiger partial charge is 0.0577 e. The average molecular weight is 319 g/mol. The van der Waals surface area contributed by atoms with Gasteiger partial charge in [-0.3, -0.25) is 0 Å². The van der Waals surface area contributed by atoms with Crippen LogP contribution in [0.1, 0.15) is 65.2 Å². The summed E-state index contributed by atoms with van der Waals surface area (Å²) in [5.74, 6) is 4.25. The topological polar surface area (TPSA) is 20.2 Å². The monoisotopic (exact) mass is 318 g/mol. The number of rotatable bonds is 0. The van der Waals surface area contributed by atoms with Crippen molar-refractivity contribution in [3.63, 3.8) is 0 Å². The van der Waals surface area contributed by atoms with Crippen molar-refractivity contribution in [3.05, 3.63) is 11.6 Å². The highest BCUT2D eigenvalue weighted by Gasteiger charge is 2.68. The Morgan fingerprint density at radius 1 is 1.09 bits per heavy atom. The normalized spacial score (nSPS) is 59.5. The van der Waals surface area contributed by atoms with Gasteiger partial charge in [0.2, 0.25) is 0 Å². The predicted molar refractivity (Wildman–Crippen MR) is 92.9 cm³/mol. The molecule has 5 rings (SSSR count). The molecule has 122 valence electrons. The van der Waals surface area contributed by atoms with E-state index in [9.17, 15) is 5.11 Å². The first-order chi connectivity index (χ1) is 10.5. The highest BCUT2D eigenvalue weighted by atomic mass is 32.2. The van der Waals surface area contributed by atoms with E-state index in [2.05, 4.69) is 31.7 Å². The fourth-order valence-corrected chi connectivity index (χ4v) is 8.79. The molecule has 4 aliphatic carbocycles. The number of hydrogen-bond donors (Lipinski definition) is 1. The quantitative estimate of drug-likeness (QED) is 0.511. The van der Waals surface area contributed by atoms with Crippen LogP contribution in [0.3, 0.4) is 0 Å². The molecule has 1 heterocycles. The zero-order valence-electron chi connectivity index (χ0n) is 14.1. The molecule has 4 fully saturated rings. The summed E-state index contributed by atoms with van der Waals surface area (Å²) in [7, 11) is 0. The Hall–Kier alpha value is 0.0500. The van der Waals surface area contributed by atoms with Crippen molar-refractivity contribution in [2.24, 2.45) is 28.6 Å². The molecule has 0 amide bonds. The van der Waals surface area contributed by atoms with E-state index in [1.54, 1.807) is 5.57 Å². The maximum atomic E-state index is 10.1. The lowest BCUT2D eigenvalue weighted by Gasteiger charge is -2.58. The second-order valence-corrected chi connectivity index (χ2v) is 10.8. The minimum Gasteiger partial charge on any atom is -0.393 e. The Balaban J connectivity index is 1.51. The highest BCUT2D eigenvalue weighted by Crippen LogP contribution is 2.74. The molecule has 1 aliphatic heterocycles. The molecule has 5 aliphatic rings. The van der Waals surface area contributed by atoms with Gasteiger partial charge in [0.1, 0.15) is 0 Å². The van der Waals surface area contributed by atoms with Crippen LogP contribution in [0.2, 0.25) is 0 Å². The van der Waals surface area contributed by atoms with Gasteiger partial charge < -0.3 is 5.11 Å². The number of hydrogen-bond acceptors (Lipinski definition) is 2. The van der Waals surface area contributed by atoms with Crippen molar-refractivity contribution < 1.29 is 5.11 Å². The third kappa shape index (κ3) is 1.62. The van der Waals surface area contributed by atoms with Gasteiger partial charge in [-0.1, -0.05) is 25.5 Å². The van der Waals surface area contributed by atoms with Crippen molar-refractivity contribution in [2.45, 2.75) is 76.1 Å². The Labute approximate surface area is 139 Å². The summed E-state index contributed by atoms with van der Waals surface area (Å²) in [6.45, 7) is 5.19. The molecule has 1 spiro atoms. The first-order valence-corrected chi connectivity index (χ1v) is 10.5. The van der Waals surface area contributed by atoms with Crippen molar-refractivity contribution in [3.8, 4) is 0 Å². The van der Waals surface area contributed by atoms with E-state index in [0.717, 1.165) is 30.6 Å². The molecule has 1 nitrogen and oxygen atoms in total. The first-order valence-electron chi connectivity index (χ1n) is 9.50. The molecule has 2 heteroatoms. The molecule has 1 N–H and O–H groups in total. The van der Waals surface area contributed by atoms with Crippen molar-refractivity contribution in [1.82, 2.24) is 0 Å². The van der Waals surface area contributed by atoms with Crippen LogP contribution in [-0.4, -0.2) is 21.7 Å². The van der Waals surface area contributed by atoms with Gasteiger partial charge in [0.05, 0.1) is 6.10 Å². The number of aliphatic hydroxyl groups excluding tert-OH is 1. The minimum atomic E-state index is -0.0673. The highest BCUT2D eigenvalue weighted by molar-refractivity contribution is 8.08. The zero-order chi connectivity index (χ0) is 15.2. The van der Waals surface area contributed by atoms with Gasteiger partial charge in [0.25, 0.3) is 0 Å². The lowest BCUT2D eigenvalue weighted by molar-refractivity contribution is -0.0397. The summed E-state index contributed by atoms with van der Waals surface area (Å²) < 4.78 is 0.691. The van der Waals surface area contributed by atoms with Crippen LogP contribution in [0.25, 0.3) is 0 Å². The summed E-state index contributed by atoms with van der Waals surface area (Å²) in [6, 6.07) is 0. The maximum absolute atomic E-state index is 10.1. The van der Waals surface area contributed by atoms with Gasteiger partial charge in [-0.05, 0) is 80.0 Å². The zero-order valence-corrected chi connectivity index (χ0v) is 14.9. The van der Waals surface area contributed by atoms with Gasteiger partial charge in [0.15, 0.2) is 0 Å². The molecule has 0 aromatic heterocycles. The van der Waals surface area contributed by atoms with E-state index in [1.807, 2.05) is 0 Å².